The van der Waals surface area contributed by atoms with E-state index in [1.165, 1.54) is 30.3 Å². The lowest BCUT2D eigenvalue weighted by atomic mass is 9.76. The standard InChI is InChI=1S/C29H30O14/c1-2-17-27(40-12-18-25(36)39-7-6-29(17,18)38)43-28-24(23(35)22(34)20(11-30)41-28)42-26(37)21-16(9-15(32)10-19(21)33)13-4-3-5-14(31)8-13/h2-5,8-10,12,17,20,22-24,27-28,30-35,38H,1,6-7,11H2/t17-,20+,22+,23-,24+,27-,28-,29+/m0/s1. The lowest BCUT2D eigenvalue weighted by Gasteiger charge is -2.47. The van der Waals surface area contributed by atoms with Gasteiger partial charge in [0.1, 0.15) is 52.3 Å². The number of hydrogen-bond donors (Lipinski definition) is 7. The van der Waals surface area contributed by atoms with E-state index in [4.69, 9.17) is 23.7 Å². The second kappa shape index (κ2) is 11.8. The number of aliphatic hydroxyl groups is 4. The number of carbonyl (C=O) groups is 2. The number of phenols is 3. The number of fused-ring (bicyclic) bond motifs is 1. The van der Waals surface area contributed by atoms with Crippen LogP contribution in [0.2, 0.25) is 0 Å². The van der Waals surface area contributed by atoms with E-state index in [-0.39, 0.29) is 35.5 Å². The highest BCUT2D eigenvalue weighted by Gasteiger charge is 2.55. The van der Waals surface area contributed by atoms with Crippen molar-refractivity contribution in [1.29, 1.82) is 0 Å². The molecule has 2 saturated heterocycles. The molecule has 230 valence electrons. The molecule has 2 aromatic rings. The van der Waals surface area contributed by atoms with Crippen LogP contribution in [0.4, 0.5) is 0 Å². The third-order valence-electron chi connectivity index (χ3n) is 7.62. The molecule has 2 aromatic carbocycles. The molecule has 0 aromatic heterocycles. The molecule has 43 heavy (non-hydrogen) atoms. The van der Waals surface area contributed by atoms with Crippen LogP contribution in [0.3, 0.4) is 0 Å². The largest absolute Gasteiger partial charge is 0.508 e. The summed E-state index contributed by atoms with van der Waals surface area (Å²) in [6.45, 7) is 2.83. The molecule has 0 unspecified atom stereocenters. The summed E-state index contributed by atoms with van der Waals surface area (Å²) in [5.74, 6) is -4.40. The summed E-state index contributed by atoms with van der Waals surface area (Å²) >= 11 is 0. The average molecular weight is 603 g/mol. The first kappa shape index (κ1) is 30.3. The number of carbonyl (C=O) groups excluding carboxylic acids is 2. The SMILES string of the molecule is C=C[C@H]1[C@H](O[C@@H]2O[C@H](CO)[C@@H](O)[C@H](O)[C@H]2OC(=O)c2c(O)cc(O)cc2-c2cccc(O)c2)OC=C2C(=O)OCC[C@]21O. The molecular weight excluding hydrogens is 572 g/mol. The van der Waals surface area contributed by atoms with Crippen molar-refractivity contribution in [3.8, 4) is 28.4 Å². The summed E-state index contributed by atoms with van der Waals surface area (Å²) in [7, 11) is 0. The molecule has 0 spiro atoms. The van der Waals surface area contributed by atoms with Gasteiger partial charge in [-0.25, -0.2) is 9.59 Å². The number of phenolic OH excluding ortho intramolecular Hbond substituents is 3. The Labute approximate surface area is 244 Å². The molecule has 14 nitrogen and oxygen atoms in total. The number of benzene rings is 2. The van der Waals surface area contributed by atoms with Crippen molar-refractivity contribution in [1.82, 2.24) is 0 Å². The second-order valence-corrected chi connectivity index (χ2v) is 10.3. The van der Waals surface area contributed by atoms with Gasteiger partial charge in [0.25, 0.3) is 0 Å². The van der Waals surface area contributed by atoms with Gasteiger partial charge in [0.2, 0.25) is 12.6 Å². The van der Waals surface area contributed by atoms with Gasteiger partial charge >= 0.3 is 11.9 Å². The van der Waals surface area contributed by atoms with E-state index in [1.807, 2.05) is 0 Å². The maximum Gasteiger partial charge on any atom is 0.343 e. The fraction of sp³-hybridized carbons (Fsp3) is 0.379. The van der Waals surface area contributed by atoms with E-state index in [2.05, 4.69) is 6.58 Å². The highest BCUT2D eigenvalue weighted by Crippen LogP contribution is 2.43. The zero-order chi connectivity index (χ0) is 31.1. The number of rotatable bonds is 7. The van der Waals surface area contributed by atoms with Gasteiger partial charge in [-0.15, -0.1) is 6.58 Å². The van der Waals surface area contributed by atoms with Crippen LogP contribution in [0.25, 0.3) is 11.1 Å². The highest BCUT2D eigenvalue weighted by molar-refractivity contribution is 6.00. The van der Waals surface area contributed by atoms with Gasteiger partial charge in [-0.05, 0) is 23.8 Å². The number of esters is 2. The fourth-order valence-corrected chi connectivity index (χ4v) is 5.39. The zero-order valence-electron chi connectivity index (χ0n) is 22.5. The Kier molecular flexibility index (Phi) is 8.34. The van der Waals surface area contributed by atoms with Gasteiger partial charge < -0.3 is 59.4 Å². The molecule has 14 heteroatoms. The van der Waals surface area contributed by atoms with Crippen molar-refractivity contribution in [3.63, 3.8) is 0 Å². The monoisotopic (exact) mass is 602 g/mol. The van der Waals surface area contributed by atoms with Crippen LogP contribution in [-0.2, 0) is 28.5 Å². The van der Waals surface area contributed by atoms with E-state index >= 15 is 0 Å². The molecule has 3 aliphatic heterocycles. The Morgan fingerprint density at radius 3 is 2.56 bits per heavy atom. The minimum atomic E-state index is -1.90. The first-order valence-electron chi connectivity index (χ1n) is 13.2. The topological polar surface area (TPSA) is 222 Å². The van der Waals surface area contributed by atoms with Crippen LogP contribution in [0.15, 0.2) is 60.9 Å². The molecule has 8 atom stereocenters. The van der Waals surface area contributed by atoms with Crippen LogP contribution in [0, 0.1) is 5.92 Å². The van der Waals surface area contributed by atoms with Crippen molar-refractivity contribution in [2.45, 2.75) is 49.0 Å². The molecule has 7 N–H and O–H groups in total. The van der Waals surface area contributed by atoms with Gasteiger partial charge in [-0.2, -0.15) is 0 Å². The molecule has 3 aliphatic rings. The van der Waals surface area contributed by atoms with Crippen molar-refractivity contribution in [2.75, 3.05) is 13.2 Å². The third kappa shape index (κ3) is 5.51. The molecule has 0 aliphatic carbocycles. The van der Waals surface area contributed by atoms with Gasteiger partial charge in [0, 0.05) is 18.1 Å². The molecule has 0 amide bonds. The molecule has 0 saturated carbocycles. The summed E-state index contributed by atoms with van der Waals surface area (Å²) in [6, 6.07) is 7.63. The maximum atomic E-state index is 13.5. The summed E-state index contributed by atoms with van der Waals surface area (Å²) in [5, 5.41) is 73.2. The molecular formula is C29H30O14. The van der Waals surface area contributed by atoms with Crippen LogP contribution < -0.4 is 0 Å². The Balaban J connectivity index is 1.48. The molecule has 2 fully saturated rings. The summed E-state index contributed by atoms with van der Waals surface area (Å²) in [4.78, 5) is 25.8. The Hall–Kier alpha value is -4.18. The predicted octanol–water partition coefficient (Wildman–Crippen LogP) is 0.172. The molecule has 5 rings (SSSR count). The number of hydrogen-bond acceptors (Lipinski definition) is 14. The highest BCUT2D eigenvalue weighted by atomic mass is 16.8. The van der Waals surface area contributed by atoms with Gasteiger partial charge in [0.05, 0.1) is 25.4 Å². The second-order valence-electron chi connectivity index (χ2n) is 10.3. The Morgan fingerprint density at radius 2 is 1.86 bits per heavy atom. The normalized spacial score (nSPS) is 32.0. The molecule has 0 radical (unpaired) electrons. The lowest BCUT2D eigenvalue weighted by Crippen LogP contribution is -2.62. The van der Waals surface area contributed by atoms with Crippen LogP contribution in [0.1, 0.15) is 16.8 Å². The Bertz CT molecular complexity index is 1440. The maximum absolute atomic E-state index is 13.5. The van der Waals surface area contributed by atoms with Crippen molar-refractivity contribution in [2.24, 2.45) is 5.92 Å². The predicted molar refractivity (Wildman–Crippen MR) is 142 cm³/mol. The van der Waals surface area contributed by atoms with Gasteiger partial charge in [-0.3, -0.25) is 0 Å². The van der Waals surface area contributed by atoms with E-state index in [0.717, 1.165) is 18.4 Å². The number of ether oxygens (including phenoxy) is 5. The minimum absolute atomic E-state index is 0.0209. The smallest absolute Gasteiger partial charge is 0.343 e. The van der Waals surface area contributed by atoms with E-state index < -0.39 is 84.1 Å². The van der Waals surface area contributed by atoms with E-state index in [0.29, 0.717) is 0 Å². The van der Waals surface area contributed by atoms with Crippen molar-refractivity contribution in [3.05, 3.63) is 66.5 Å². The van der Waals surface area contributed by atoms with E-state index in [1.54, 1.807) is 0 Å². The van der Waals surface area contributed by atoms with E-state index in [9.17, 15) is 45.3 Å². The fourth-order valence-electron chi connectivity index (χ4n) is 5.39. The summed E-state index contributed by atoms with van der Waals surface area (Å²) in [5.41, 5.74) is -2.25. The first-order chi connectivity index (χ1) is 20.5. The van der Waals surface area contributed by atoms with Crippen molar-refractivity contribution >= 4 is 11.9 Å². The van der Waals surface area contributed by atoms with Crippen molar-refractivity contribution < 1.29 is 69.0 Å². The Morgan fingerprint density at radius 1 is 1.09 bits per heavy atom. The number of aromatic hydroxyl groups is 3. The van der Waals surface area contributed by atoms with Crippen LogP contribution >= 0.6 is 0 Å². The quantitative estimate of drug-likeness (QED) is 0.166. The lowest BCUT2D eigenvalue weighted by molar-refractivity contribution is -0.343. The zero-order valence-corrected chi connectivity index (χ0v) is 22.5. The number of cyclic esters (lactones) is 1. The van der Waals surface area contributed by atoms with Gasteiger partial charge in [-0.1, -0.05) is 18.2 Å². The summed E-state index contributed by atoms with van der Waals surface area (Å²) in [6.07, 6.45) is -7.79. The summed E-state index contributed by atoms with van der Waals surface area (Å²) < 4.78 is 27.6. The number of aliphatic hydroxyl groups excluding tert-OH is 3. The third-order valence-corrected chi connectivity index (χ3v) is 7.62. The minimum Gasteiger partial charge on any atom is -0.508 e. The van der Waals surface area contributed by atoms with Crippen LogP contribution in [0.5, 0.6) is 17.2 Å². The molecule has 3 heterocycles. The molecule has 0 bridgehead atoms. The van der Waals surface area contributed by atoms with Gasteiger partial charge in [0.15, 0.2) is 6.10 Å². The average Bonchev–Trinajstić information content (AvgIpc) is 2.96. The first-order valence-corrected chi connectivity index (χ1v) is 13.2. The van der Waals surface area contributed by atoms with Crippen LogP contribution in [-0.4, -0.2) is 103 Å².